The van der Waals surface area contributed by atoms with Crippen molar-refractivity contribution in [3.05, 3.63) is 89.2 Å². The Morgan fingerprint density at radius 1 is 1.13 bits per heavy atom. The zero-order chi connectivity index (χ0) is 21.2. The SMILES string of the molecule is Cc1nc(NCc2cccn2-c2nccs2)sc1-c1ccn(Cc2cccc(F)c2)n1. The largest absolute Gasteiger partial charge is 0.356 e. The van der Waals surface area contributed by atoms with E-state index in [1.807, 2.05) is 47.6 Å². The molecule has 5 aromatic rings. The Labute approximate surface area is 186 Å². The van der Waals surface area contributed by atoms with Crippen molar-refractivity contribution in [1.29, 1.82) is 0 Å². The number of nitrogens with zero attached hydrogens (tertiary/aromatic N) is 5. The van der Waals surface area contributed by atoms with Gasteiger partial charge < -0.3 is 5.32 Å². The molecule has 0 saturated carbocycles. The second-order valence-electron chi connectivity index (χ2n) is 7.00. The lowest BCUT2D eigenvalue weighted by Crippen LogP contribution is -2.05. The number of hydrogen-bond donors (Lipinski definition) is 1. The molecule has 156 valence electrons. The molecule has 4 aromatic heterocycles. The Balaban J connectivity index is 1.29. The molecule has 0 aliphatic rings. The second kappa shape index (κ2) is 8.44. The van der Waals surface area contributed by atoms with E-state index in [9.17, 15) is 4.39 Å². The Morgan fingerprint density at radius 2 is 2.06 bits per heavy atom. The summed E-state index contributed by atoms with van der Waals surface area (Å²) in [6.07, 6.45) is 5.73. The minimum atomic E-state index is -0.236. The first-order valence-electron chi connectivity index (χ1n) is 9.71. The summed E-state index contributed by atoms with van der Waals surface area (Å²) in [5.74, 6) is -0.236. The lowest BCUT2D eigenvalue weighted by molar-refractivity contribution is 0.619. The number of anilines is 1. The Morgan fingerprint density at radius 3 is 2.90 bits per heavy atom. The van der Waals surface area contributed by atoms with Gasteiger partial charge in [-0.1, -0.05) is 23.5 Å². The van der Waals surface area contributed by atoms with Crippen LogP contribution in [0.25, 0.3) is 15.7 Å². The van der Waals surface area contributed by atoms with Gasteiger partial charge in [0.25, 0.3) is 0 Å². The maximum Gasteiger partial charge on any atom is 0.193 e. The first kappa shape index (κ1) is 19.7. The van der Waals surface area contributed by atoms with E-state index < -0.39 is 0 Å². The van der Waals surface area contributed by atoms with Gasteiger partial charge in [0.05, 0.1) is 23.7 Å². The molecule has 1 aromatic carbocycles. The number of thiazole rings is 2. The van der Waals surface area contributed by atoms with E-state index in [0.29, 0.717) is 13.1 Å². The summed E-state index contributed by atoms with van der Waals surface area (Å²) >= 11 is 3.18. The number of benzene rings is 1. The summed E-state index contributed by atoms with van der Waals surface area (Å²) in [6.45, 7) is 3.16. The molecule has 6 nitrogen and oxygen atoms in total. The molecule has 31 heavy (non-hydrogen) atoms. The molecule has 5 rings (SSSR count). The van der Waals surface area contributed by atoms with Crippen LogP contribution in [0.4, 0.5) is 9.52 Å². The third-order valence-electron chi connectivity index (χ3n) is 4.78. The van der Waals surface area contributed by atoms with Gasteiger partial charge in [-0.05, 0) is 42.8 Å². The van der Waals surface area contributed by atoms with Crippen molar-refractivity contribution in [3.8, 4) is 15.7 Å². The van der Waals surface area contributed by atoms with Crippen molar-refractivity contribution in [1.82, 2.24) is 24.3 Å². The van der Waals surface area contributed by atoms with Gasteiger partial charge >= 0.3 is 0 Å². The molecule has 0 spiro atoms. The van der Waals surface area contributed by atoms with E-state index in [2.05, 4.69) is 31.0 Å². The van der Waals surface area contributed by atoms with Gasteiger partial charge in [-0.25, -0.2) is 14.4 Å². The average Bonchev–Trinajstić information content (AvgIpc) is 3.53. The van der Waals surface area contributed by atoms with E-state index in [0.717, 1.165) is 37.8 Å². The maximum absolute atomic E-state index is 13.4. The Kier molecular flexibility index (Phi) is 5.35. The van der Waals surface area contributed by atoms with Gasteiger partial charge in [-0.15, -0.1) is 11.3 Å². The molecule has 0 radical (unpaired) electrons. The van der Waals surface area contributed by atoms with Gasteiger partial charge in [-0.3, -0.25) is 9.25 Å². The summed E-state index contributed by atoms with van der Waals surface area (Å²) in [4.78, 5) is 10.1. The Bertz CT molecular complexity index is 1300. The molecule has 0 aliphatic carbocycles. The summed E-state index contributed by atoms with van der Waals surface area (Å²) in [7, 11) is 0. The third-order valence-corrected chi connectivity index (χ3v) is 6.69. The van der Waals surface area contributed by atoms with E-state index >= 15 is 0 Å². The van der Waals surface area contributed by atoms with Crippen LogP contribution in [0.1, 0.15) is 17.0 Å². The first-order valence-corrected chi connectivity index (χ1v) is 11.4. The maximum atomic E-state index is 13.4. The molecule has 4 heterocycles. The molecule has 1 N–H and O–H groups in total. The van der Waals surface area contributed by atoms with E-state index in [1.165, 1.54) is 12.1 Å². The van der Waals surface area contributed by atoms with Gasteiger partial charge in [0.2, 0.25) is 0 Å². The van der Waals surface area contributed by atoms with Crippen LogP contribution in [0, 0.1) is 12.7 Å². The van der Waals surface area contributed by atoms with Crippen molar-refractivity contribution >= 4 is 27.8 Å². The summed E-state index contributed by atoms with van der Waals surface area (Å²) < 4.78 is 17.3. The summed E-state index contributed by atoms with van der Waals surface area (Å²) in [5, 5.41) is 11.8. The molecular formula is C22H19FN6S2. The number of aryl methyl sites for hydroxylation is 1. The van der Waals surface area contributed by atoms with Crippen LogP contribution < -0.4 is 5.32 Å². The van der Waals surface area contributed by atoms with Gasteiger partial charge in [-0.2, -0.15) is 5.10 Å². The second-order valence-corrected chi connectivity index (χ2v) is 8.87. The molecule has 0 amide bonds. The molecule has 0 unspecified atom stereocenters. The van der Waals surface area contributed by atoms with Gasteiger partial charge in [0, 0.05) is 29.7 Å². The topological polar surface area (TPSA) is 60.6 Å². The molecule has 0 fully saturated rings. The van der Waals surface area contributed by atoms with Crippen LogP contribution in [0.2, 0.25) is 0 Å². The highest BCUT2D eigenvalue weighted by molar-refractivity contribution is 7.19. The van der Waals surface area contributed by atoms with Gasteiger partial charge in [0.15, 0.2) is 10.3 Å². The predicted molar refractivity (Wildman–Crippen MR) is 122 cm³/mol. The highest BCUT2D eigenvalue weighted by Crippen LogP contribution is 2.32. The number of rotatable bonds is 7. The van der Waals surface area contributed by atoms with Crippen molar-refractivity contribution in [2.24, 2.45) is 0 Å². The van der Waals surface area contributed by atoms with E-state index in [-0.39, 0.29) is 5.82 Å². The molecular weight excluding hydrogens is 431 g/mol. The van der Waals surface area contributed by atoms with Crippen LogP contribution in [0.5, 0.6) is 0 Å². The van der Waals surface area contributed by atoms with Crippen molar-refractivity contribution in [2.75, 3.05) is 5.32 Å². The lowest BCUT2D eigenvalue weighted by Gasteiger charge is -2.06. The third kappa shape index (κ3) is 4.28. The smallest absolute Gasteiger partial charge is 0.193 e. The van der Waals surface area contributed by atoms with Crippen LogP contribution >= 0.6 is 22.7 Å². The monoisotopic (exact) mass is 450 g/mol. The van der Waals surface area contributed by atoms with Crippen molar-refractivity contribution < 1.29 is 4.39 Å². The van der Waals surface area contributed by atoms with Crippen molar-refractivity contribution in [3.63, 3.8) is 0 Å². The molecule has 0 aliphatic heterocycles. The molecule has 0 saturated heterocycles. The highest BCUT2D eigenvalue weighted by atomic mass is 32.1. The fourth-order valence-corrected chi connectivity index (χ4v) is 4.93. The highest BCUT2D eigenvalue weighted by Gasteiger charge is 2.13. The van der Waals surface area contributed by atoms with E-state index in [1.54, 1.807) is 34.9 Å². The zero-order valence-electron chi connectivity index (χ0n) is 16.7. The molecule has 0 atom stereocenters. The van der Waals surface area contributed by atoms with Gasteiger partial charge in [0.1, 0.15) is 11.5 Å². The number of aromatic nitrogens is 5. The standard InChI is InChI=1S/C22H19FN6S2/c1-15-20(19-7-10-28(27-19)14-16-4-2-5-17(23)12-16)31-21(26-15)25-13-18-6-3-9-29(18)22-24-8-11-30-22/h2-12H,13-14H2,1H3,(H,25,26). The quantitative estimate of drug-likeness (QED) is 0.363. The molecule has 0 bridgehead atoms. The number of nitrogens with one attached hydrogen (secondary N) is 1. The van der Waals surface area contributed by atoms with E-state index in [4.69, 9.17) is 0 Å². The summed E-state index contributed by atoms with van der Waals surface area (Å²) in [5.41, 5.74) is 3.79. The Hall–Kier alpha value is -3.30. The van der Waals surface area contributed by atoms with Crippen LogP contribution in [-0.4, -0.2) is 24.3 Å². The van der Waals surface area contributed by atoms with Crippen LogP contribution in [-0.2, 0) is 13.1 Å². The average molecular weight is 451 g/mol. The minimum Gasteiger partial charge on any atom is -0.356 e. The molecule has 9 heteroatoms. The zero-order valence-corrected chi connectivity index (χ0v) is 18.3. The van der Waals surface area contributed by atoms with Crippen molar-refractivity contribution in [2.45, 2.75) is 20.0 Å². The predicted octanol–water partition coefficient (Wildman–Crippen LogP) is 5.36. The summed E-state index contributed by atoms with van der Waals surface area (Å²) in [6, 6.07) is 12.6. The minimum absolute atomic E-state index is 0.236. The fourth-order valence-electron chi connectivity index (χ4n) is 3.35. The van der Waals surface area contributed by atoms with Crippen LogP contribution in [0.3, 0.4) is 0 Å². The number of halogens is 1. The first-order chi connectivity index (χ1) is 15.2. The van der Waals surface area contributed by atoms with Crippen LogP contribution in [0.15, 0.2) is 66.4 Å². The number of hydrogen-bond acceptors (Lipinski definition) is 6. The lowest BCUT2D eigenvalue weighted by atomic mass is 10.2. The fraction of sp³-hybridized carbons (Fsp3) is 0.136. The normalized spacial score (nSPS) is 11.2.